The minimum Gasteiger partial charge on any atom is -0.464 e. The van der Waals surface area contributed by atoms with E-state index in [-0.39, 0.29) is 36.8 Å². The van der Waals surface area contributed by atoms with Gasteiger partial charge in [0.15, 0.2) is 5.54 Å². The van der Waals surface area contributed by atoms with Crippen molar-refractivity contribution in [3.63, 3.8) is 0 Å². The number of unbranched alkanes of at least 4 members (excludes halogenated alkanes) is 3. The summed E-state index contributed by atoms with van der Waals surface area (Å²) >= 11 is 3.28. The fourth-order valence-corrected chi connectivity index (χ4v) is 7.15. The summed E-state index contributed by atoms with van der Waals surface area (Å²) in [5, 5.41) is 0. The van der Waals surface area contributed by atoms with Crippen molar-refractivity contribution in [2.24, 2.45) is 11.8 Å². The molecule has 0 spiro atoms. The summed E-state index contributed by atoms with van der Waals surface area (Å²) < 4.78 is 43.7. The van der Waals surface area contributed by atoms with Crippen molar-refractivity contribution in [2.45, 2.75) is 108 Å². The summed E-state index contributed by atoms with van der Waals surface area (Å²) in [7, 11) is -4.28. The van der Waals surface area contributed by atoms with Gasteiger partial charge in [0.1, 0.15) is 11.6 Å². The second-order valence-electron chi connectivity index (χ2n) is 13.0. The van der Waals surface area contributed by atoms with Gasteiger partial charge in [0, 0.05) is 29.3 Å². The van der Waals surface area contributed by atoms with Crippen LogP contribution in [0.25, 0.3) is 0 Å². The van der Waals surface area contributed by atoms with Gasteiger partial charge in [0.25, 0.3) is 16.0 Å². The molecular weight excluding hydrogens is 692 g/mol. The maximum absolute atomic E-state index is 14.6. The Balaban J connectivity index is 2.01. The second kappa shape index (κ2) is 15.9. The average Bonchev–Trinajstić information content (AvgIpc) is 3.58. The maximum Gasteiger partial charge on any atom is 0.418 e. The molecule has 1 aliphatic carbocycles. The van der Waals surface area contributed by atoms with Crippen LogP contribution in [0.2, 0.25) is 0 Å². The summed E-state index contributed by atoms with van der Waals surface area (Å²) in [4.78, 5) is 57.7. The van der Waals surface area contributed by atoms with Gasteiger partial charge in [0.2, 0.25) is 5.91 Å². The first-order chi connectivity index (χ1) is 22.0. The number of allylic oxidation sites excluding steroid dienone is 1. The van der Waals surface area contributed by atoms with E-state index in [2.05, 4.69) is 29.1 Å². The van der Waals surface area contributed by atoms with Crippen LogP contribution in [0.3, 0.4) is 0 Å². The summed E-state index contributed by atoms with van der Waals surface area (Å²) in [5.74, 6) is -3.17. The highest BCUT2D eigenvalue weighted by Crippen LogP contribution is 2.51. The van der Waals surface area contributed by atoms with Crippen molar-refractivity contribution in [3.05, 3.63) is 54.0 Å². The van der Waals surface area contributed by atoms with Crippen molar-refractivity contribution in [2.75, 3.05) is 13.2 Å². The van der Waals surface area contributed by atoms with Crippen LogP contribution < -0.4 is 0 Å². The first-order valence-corrected chi connectivity index (χ1v) is 18.2. The Hall–Kier alpha value is -3.03. The topological polar surface area (TPSA) is 137 Å². The van der Waals surface area contributed by atoms with Gasteiger partial charge in [-0.15, -0.1) is 13.2 Å². The Morgan fingerprint density at radius 3 is 2.34 bits per heavy atom. The largest absolute Gasteiger partial charge is 0.464 e. The van der Waals surface area contributed by atoms with E-state index in [1.807, 2.05) is 6.08 Å². The molecule has 0 N–H and O–H groups in total. The molecule has 5 atom stereocenters. The summed E-state index contributed by atoms with van der Waals surface area (Å²) in [6, 6.07) is 4.56. The molecule has 11 nitrogen and oxygen atoms in total. The molecule has 2 aliphatic rings. The average molecular weight is 740 g/mol. The number of imide groups is 1. The zero-order chi connectivity index (χ0) is 35.2. The maximum atomic E-state index is 14.6. The number of benzene rings is 1. The lowest BCUT2D eigenvalue weighted by Crippen LogP contribution is -2.59. The van der Waals surface area contributed by atoms with Gasteiger partial charge >= 0.3 is 12.1 Å². The number of ether oxygens (including phenoxy) is 2. The Morgan fingerprint density at radius 1 is 1.13 bits per heavy atom. The van der Waals surface area contributed by atoms with Crippen molar-refractivity contribution in [1.82, 2.24) is 9.80 Å². The third kappa shape index (κ3) is 9.32. The Kier molecular flexibility index (Phi) is 13.0. The van der Waals surface area contributed by atoms with E-state index in [1.54, 1.807) is 46.8 Å². The minimum absolute atomic E-state index is 0.00296. The lowest BCUT2D eigenvalue weighted by Gasteiger charge is -2.35. The number of nitrogens with zero attached hydrogens (tertiary/aromatic N) is 2. The molecule has 0 bridgehead atoms. The van der Waals surface area contributed by atoms with Crippen LogP contribution in [-0.4, -0.2) is 78.5 Å². The predicted molar refractivity (Wildman–Crippen MR) is 180 cm³/mol. The molecule has 1 heterocycles. The third-order valence-electron chi connectivity index (χ3n) is 8.26. The number of carbonyl (C=O) groups excluding carboxylic acids is 4. The first-order valence-electron chi connectivity index (χ1n) is 16.0. The number of halogens is 1. The highest BCUT2D eigenvalue weighted by atomic mass is 79.9. The molecule has 2 fully saturated rings. The highest BCUT2D eigenvalue weighted by Gasteiger charge is 2.69. The Bertz CT molecular complexity index is 1440. The van der Waals surface area contributed by atoms with Gasteiger partial charge in [-0.3, -0.25) is 13.8 Å². The zero-order valence-electron chi connectivity index (χ0n) is 27.9. The molecule has 3 rings (SSSR count). The summed E-state index contributed by atoms with van der Waals surface area (Å²) in [6.45, 7) is 15.5. The molecule has 13 heteroatoms. The van der Waals surface area contributed by atoms with Gasteiger partial charge in [-0.2, -0.15) is 8.42 Å². The van der Waals surface area contributed by atoms with Crippen LogP contribution in [0.1, 0.15) is 79.6 Å². The van der Waals surface area contributed by atoms with Gasteiger partial charge in [0.05, 0.1) is 17.6 Å². The number of carbonyl (C=O) groups is 4. The predicted octanol–water partition coefficient (Wildman–Crippen LogP) is 6.17. The summed E-state index contributed by atoms with van der Waals surface area (Å²) in [6.07, 6.45) is 4.97. The number of hydrogen-bond donors (Lipinski definition) is 0. The third-order valence-corrected chi connectivity index (χ3v) is 10.2. The fraction of sp³-hybridized carbons (Fsp3) is 0.588. The van der Waals surface area contributed by atoms with Crippen molar-refractivity contribution in [3.8, 4) is 0 Å². The monoisotopic (exact) mass is 738 g/mol. The molecule has 1 saturated heterocycles. The molecule has 0 radical (unpaired) electrons. The SMILES string of the molecule is C=CCCCCC[C@H](C)C(=O)N1C[C@@H](OS(=O)(=O)c2ccc(Br)cc2)C[C@H]1C(=O)N(C(=O)OC(C)(C)C)[C@]1(C(=O)OCC)C[C@H]1C=C. The van der Waals surface area contributed by atoms with Crippen LogP contribution in [-0.2, 0) is 38.2 Å². The van der Waals surface area contributed by atoms with Gasteiger partial charge in [-0.25, -0.2) is 14.5 Å². The lowest BCUT2D eigenvalue weighted by molar-refractivity contribution is -0.159. The van der Waals surface area contributed by atoms with E-state index in [0.29, 0.717) is 10.9 Å². The van der Waals surface area contributed by atoms with E-state index in [4.69, 9.17) is 13.7 Å². The first kappa shape index (κ1) is 38.4. The molecule has 1 aromatic carbocycles. The normalized spacial score (nSPS) is 23.0. The molecule has 3 amide bonds. The second-order valence-corrected chi connectivity index (χ2v) is 15.5. The molecule has 1 saturated carbocycles. The molecule has 47 heavy (non-hydrogen) atoms. The van der Waals surface area contributed by atoms with Gasteiger partial charge in [-0.1, -0.05) is 47.8 Å². The van der Waals surface area contributed by atoms with E-state index >= 15 is 0 Å². The fourth-order valence-electron chi connectivity index (χ4n) is 5.80. The molecular formula is C34H47BrN2O9S. The molecule has 0 unspecified atom stereocenters. The number of likely N-dealkylation sites (tertiary alicyclic amines) is 1. The van der Waals surface area contributed by atoms with Crippen LogP contribution >= 0.6 is 15.9 Å². The number of esters is 1. The van der Waals surface area contributed by atoms with E-state index < -0.39 is 63.2 Å². The van der Waals surface area contributed by atoms with Crippen molar-refractivity contribution < 1.29 is 41.3 Å². The van der Waals surface area contributed by atoms with Crippen molar-refractivity contribution in [1.29, 1.82) is 0 Å². The van der Waals surface area contributed by atoms with E-state index in [9.17, 15) is 27.6 Å². The minimum atomic E-state index is -4.28. The highest BCUT2D eigenvalue weighted by molar-refractivity contribution is 9.10. The van der Waals surface area contributed by atoms with E-state index in [0.717, 1.165) is 30.6 Å². The molecule has 260 valence electrons. The summed E-state index contributed by atoms with van der Waals surface area (Å²) in [5.41, 5.74) is -2.75. The number of amides is 3. The number of hydrogen-bond acceptors (Lipinski definition) is 9. The van der Waals surface area contributed by atoms with Gasteiger partial charge in [-0.05, 0) is 77.6 Å². The molecule has 1 aliphatic heterocycles. The van der Waals surface area contributed by atoms with Crippen LogP contribution in [0.4, 0.5) is 4.79 Å². The Labute approximate surface area is 286 Å². The van der Waals surface area contributed by atoms with E-state index in [1.165, 1.54) is 23.1 Å². The molecule has 0 aromatic heterocycles. The smallest absolute Gasteiger partial charge is 0.418 e. The zero-order valence-corrected chi connectivity index (χ0v) is 30.3. The van der Waals surface area contributed by atoms with Crippen LogP contribution in [0.5, 0.6) is 0 Å². The standard InChI is InChI=1S/C34H47BrN2O9S/c1-8-11-12-13-14-15-23(4)29(38)36-22-26(46-47(42,43)27-18-16-25(35)17-19-27)20-28(36)30(39)37(32(41)45-33(5,6)7)34(21-24(34)9-2)31(40)44-10-3/h8-9,16-19,23-24,26,28H,1-2,10-15,20-22H2,3-7H3/t23-,24+,26-,28-,34+/m0/s1. The molecule has 1 aromatic rings. The van der Waals surface area contributed by atoms with Crippen molar-refractivity contribution >= 4 is 49.9 Å². The number of rotatable bonds is 15. The van der Waals surface area contributed by atoms with Crippen LogP contribution in [0.15, 0.2) is 58.9 Å². The lowest BCUT2D eigenvalue weighted by atomic mass is 10.0. The van der Waals surface area contributed by atoms with Crippen LogP contribution in [0, 0.1) is 11.8 Å². The Morgan fingerprint density at radius 2 is 1.79 bits per heavy atom. The van der Waals surface area contributed by atoms with Gasteiger partial charge < -0.3 is 14.4 Å². The quantitative estimate of drug-likeness (QED) is 0.0896.